The molecule has 4 aromatic rings. The van der Waals surface area contributed by atoms with Crippen LogP contribution in [0.1, 0.15) is 35.2 Å². The third-order valence-electron chi connectivity index (χ3n) is 6.69. The number of ketones is 1. The Morgan fingerprint density at radius 3 is 2.70 bits per heavy atom. The van der Waals surface area contributed by atoms with Crippen LogP contribution in [0.2, 0.25) is 5.02 Å². The molecule has 1 fully saturated rings. The van der Waals surface area contributed by atoms with E-state index in [0.717, 1.165) is 27.4 Å². The lowest BCUT2D eigenvalue weighted by atomic mass is 9.94. The number of aliphatic hydroxyl groups excluding tert-OH is 1. The number of ether oxygens (including phenoxy) is 1. The van der Waals surface area contributed by atoms with Crippen molar-refractivity contribution in [1.82, 2.24) is 10.2 Å². The molecule has 0 radical (unpaired) electrons. The second kappa shape index (κ2) is 10.7. The lowest BCUT2D eigenvalue weighted by Crippen LogP contribution is -2.29. The van der Waals surface area contributed by atoms with Crippen molar-refractivity contribution in [3.8, 4) is 5.75 Å². The molecule has 3 aromatic carbocycles. The van der Waals surface area contributed by atoms with Gasteiger partial charge in [-0.05, 0) is 54.4 Å². The number of thioether (sulfide) groups is 1. The second-order valence-corrected chi connectivity index (χ2v) is 12.0. The van der Waals surface area contributed by atoms with Crippen molar-refractivity contribution in [2.75, 3.05) is 4.90 Å². The van der Waals surface area contributed by atoms with Gasteiger partial charge in [0.25, 0.3) is 5.78 Å². The van der Waals surface area contributed by atoms with Crippen LogP contribution in [0.3, 0.4) is 0 Å². The number of aromatic nitrogens is 2. The molecule has 1 N–H and O–H groups in total. The number of nitrogens with zero attached hydrogens (tertiary/aromatic N) is 3. The number of carbonyl (C=O) groups is 2. The fraction of sp³-hybridized carbons (Fsp3) is 0.172. The predicted molar refractivity (Wildman–Crippen MR) is 152 cm³/mol. The van der Waals surface area contributed by atoms with E-state index in [1.165, 1.54) is 30.0 Å². The summed E-state index contributed by atoms with van der Waals surface area (Å²) >= 11 is 8.48. The fourth-order valence-electron chi connectivity index (χ4n) is 4.83. The van der Waals surface area contributed by atoms with Crippen LogP contribution in [-0.2, 0) is 21.8 Å². The Bertz CT molecular complexity index is 1670. The molecule has 3 heterocycles. The molecule has 1 aromatic heterocycles. The Morgan fingerprint density at radius 1 is 1.15 bits per heavy atom. The van der Waals surface area contributed by atoms with Crippen molar-refractivity contribution >= 4 is 57.3 Å². The first-order valence-electron chi connectivity index (χ1n) is 12.4. The molecule has 6 rings (SSSR count). The second-order valence-electron chi connectivity index (χ2n) is 9.41. The van der Waals surface area contributed by atoms with Crippen LogP contribution in [0, 0.1) is 5.82 Å². The average Bonchev–Trinajstić information content (AvgIpc) is 3.63. The third-order valence-corrected chi connectivity index (χ3v) is 9.07. The summed E-state index contributed by atoms with van der Waals surface area (Å²) in [5, 5.41) is 20.5. The summed E-state index contributed by atoms with van der Waals surface area (Å²) in [7, 11) is 0. The first kappa shape index (κ1) is 26.5. The van der Waals surface area contributed by atoms with Gasteiger partial charge >= 0.3 is 5.91 Å². The number of hydrogen-bond acceptors (Lipinski definition) is 8. The number of amides is 1. The van der Waals surface area contributed by atoms with Crippen molar-refractivity contribution in [3.05, 3.63) is 105 Å². The highest BCUT2D eigenvalue weighted by atomic mass is 35.5. The standard InChI is InChI=1S/C29H21ClFN3O4S2/c1-15-12-18-13-17(8-11-22(18)38-15)25(35)23-24(20-4-2-3-5-21(20)31)34(27(37)26(23)36)28-32-33-29(40-28)39-14-16-6-9-19(30)10-7-16/h2-11,13,15,24,35H,12,14H2,1H3/b25-23+/t15-,24-/m1/s1. The number of benzene rings is 3. The van der Waals surface area contributed by atoms with Gasteiger partial charge in [-0.2, -0.15) is 0 Å². The molecule has 2 aliphatic rings. The maximum atomic E-state index is 15.2. The van der Waals surface area contributed by atoms with Crippen LogP contribution in [0.25, 0.3) is 5.76 Å². The highest BCUT2D eigenvalue weighted by Gasteiger charge is 2.49. The van der Waals surface area contributed by atoms with Gasteiger partial charge in [0.1, 0.15) is 29.5 Å². The van der Waals surface area contributed by atoms with Gasteiger partial charge in [0, 0.05) is 28.3 Å². The number of carbonyl (C=O) groups excluding carboxylic acids is 2. The highest BCUT2D eigenvalue weighted by Crippen LogP contribution is 2.45. The van der Waals surface area contributed by atoms with Gasteiger partial charge in [-0.25, -0.2) is 4.39 Å². The summed E-state index contributed by atoms with van der Waals surface area (Å²) in [5.74, 6) is -1.57. The van der Waals surface area contributed by atoms with E-state index in [2.05, 4.69) is 10.2 Å². The third kappa shape index (κ3) is 4.87. The van der Waals surface area contributed by atoms with Gasteiger partial charge in [-0.3, -0.25) is 14.5 Å². The van der Waals surface area contributed by atoms with Gasteiger partial charge in [0.15, 0.2) is 4.34 Å². The number of anilines is 1. The topological polar surface area (TPSA) is 92.6 Å². The zero-order valence-electron chi connectivity index (χ0n) is 21.0. The summed E-state index contributed by atoms with van der Waals surface area (Å²) in [5.41, 5.74) is 2.08. The van der Waals surface area contributed by atoms with Crippen LogP contribution in [0.5, 0.6) is 5.75 Å². The van der Waals surface area contributed by atoms with Crippen molar-refractivity contribution in [1.29, 1.82) is 0 Å². The predicted octanol–water partition coefficient (Wildman–Crippen LogP) is 6.57. The lowest BCUT2D eigenvalue weighted by Gasteiger charge is -2.22. The molecule has 0 bridgehead atoms. The summed E-state index contributed by atoms with van der Waals surface area (Å²) in [4.78, 5) is 27.9. The average molecular weight is 594 g/mol. The van der Waals surface area contributed by atoms with E-state index < -0.39 is 29.3 Å². The number of halogens is 2. The molecule has 7 nitrogen and oxygen atoms in total. The first-order valence-corrected chi connectivity index (χ1v) is 14.5. The SMILES string of the molecule is C[C@@H]1Cc2cc(/C(O)=C3\C(=O)C(=O)N(c4nnc(SCc5ccc(Cl)cc5)s4)[C@@H]3c3ccccc3F)ccc2O1. The molecule has 11 heteroatoms. The molecule has 2 atom stereocenters. The molecular formula is C29H21ClFN3O4S2. The molecule has 1 amide bonds. The Kier molecular flexibility index (Phi) is 7.07. The summed E-state index contributed by atoms with van der Waals surface area (Å²) < 4.78 is 21.5. The van der Waals surface area contributed by atoms with E-state index in [0.29, 0.717) is 32.8 Å². The molecule has 0 unspecified atom stereocenters. The van der Waals surface area contributed by atoms with E-state index in [4.69, 9.17) is 16.3 Å². The van der Waals surface area contributed by atoms with Gasteiger partial charge < -0.3 is 9.84 Å². The Morgan fingerprint density at radius 2 is 1.93 bits per heavy atom. The number of Topliss-reactive ketones (excluding diaryl/α,β-unsaturated/α-hetero) is 1. The first-order chi connectivity index (χ1) is 19.3. The Labute approximate surface area is 242 Å². The quantitative estimate of drug-likeness (QED) is 0.0888. The minimum Gasteiger partial charge on any atom is -0.507 e. The maximum absolute atomic E-state index is 15.2. The van der Waals surface area contributed by atoms with Gasteiger partial charge in [-0.1, -0.05) is 65.0 Å². The van der Waals surface area contributed by atoms with Gasteiger partial charge in [0.2, 0.25) is 5.13 Å². The molecule has 0 spiro atoms. The van der Waals surface area contributed by atoms with Crippen molar-refractivity contribution in [3.63, 3.8) is 0 Å². The van der Waals surface area contributed by atoms with Gasteiger partial charge in [0.05, 0.1) is 5.57 Å². The van der Waals surface area contributed by atoms with Crippen LogP contribution in [0.15, 0.2) is 76.6 Å². The lowest BCUT2D eigenvalue weighted by molar-refractivity contribution is -0.132. The van der Waals surface area contributed by atoms with Crippen molar-refractivity contribution in [2.45, 2.75) is 35.6 Å². The Balaban J connectivity index is 1.39. The normalized spacial score (nSPS) is 19.6. The maximum Gasteiger partial charge on any atom is 0.301 e. The van der Waals surface area contributed by atoms with E-state index in [-0.39, 0.29) is 22.4 Å². The molecule has 0 saturated carbocycles. The van der Waals surface area contributed by atoms with Crippen LogP contribution >= 0.6 is 34.7 Å². The van der Waals surface area contributed by atoms with Gasteiger partial charge in [-0.15, -0.1) is 10.2 Å². The zero-order valence-corrected chi connectivity index (χ0v) is 23.4. The number of rotatable bonds is 6. The molecule has 1 saturated heterocycles. The summed E-state index contributed by atoms with van der Waals surface area (Å²) in [6.07, 6.45) is 0.628. The smallest absolute Gasteiger partial charge is 0.301 e. The molecular weight excluding hydrogens is 573 g/mol. The molecule has 40 heavy (non-hydrogen) atoms. The summed E-state index contributed by atoms with van der Waals surface area (Å²) in [6.45, 7) is 1.94. The highest BCUT2D eigenvalue weighted by molar-refractivity contribution is 8.00. The number of aliphatic hydroxyl groups is 1. The van der Waals surface area contributed by atoms with E-state index in [9.17, 15) is 14.7 Å². The van der Waals surface area contributed by atoms with E-state index in [1.54, 1.807) is 36.4 Å². The Hall–Kier alpha value is -3.73. The fourth-order valence-corrected chi connectivity index (χ4v) is 6.78. The minimum absolute atomic E-state index is 0.0134. The monoisotopic (exact) mass is 593 g/mol. The van der Waals surface area contributed by atoms with Crippen molar-refractivity contribution < 1.29 is 23.8 Å². The largest absolute Gasteiger partial charge is 0.507 e. The molecule has 202 valence electrons. The van der Waals surface area contributed by atoms with Crippen LogP contribution in [0.4, 0.5) is 9.52 Å². The van der Waals surface area contributed by atoms with E-state index in [1.807, 2.05) is 19.1 Å². The van der Waals surface area contributed by atoms with Crippen LogP contribution in [-0.4, -0.2) is 33.1 Å². The van der Waals surface area contributed by atoms with Crippen molar-refractivity contribution in [2.24, 2.45) is 0 Å². The van der Waals surface area contributed by atoms with E-state index >= 15 is 4.39 Å². The van der Waals surface area contributed by atoms with Crippen LogP contribution < -0.4 is 9.64 Å². The minimum atomic E-state index is -1.23. The zero-order chi connectivity index (χ0) is 28.0. The molecule has 2 aliphatic heterocycles. The molecule has 0 aliphatic carbocycles. The number of hydrogen-bond donors (Lipinski definition) is 1. The number of fused-ring (bicyclic) bond motifs is 1. The summed E-state index contributed by atoms with van der Waals surface area (Å²) in [6, 6.07) is 17.1.